The molecule has 1 aromatic carbocycles. The molecule has 0 saturated carbocycles. The van der Waals surface area contributed by atoms with Crippen molar-refractivity contribution in [1.82, 2.24) is 0 Å². The molecule has 88 valence electrons. The van der Waals surface area contributed by atoms with Crippen LogP contribution in [0.2, 0.25) is 0 Å². The van der Waals surface area contributed by atoms with Gasteiger partial charge in [-0.15, -0.1) is 6.58 Å². The first-order valence-electron chi connectivity index (χ1n) is 6.02. The van der Waals surface area contributed by atoms with Crippen LogP contribution >= 0.6 is 0 Å². The van der Waals surface area contributed by atoms with Crippen LogP contribution in [-0.4, -0.2) is 11.2 Å². The van der Waals surface area contributed by atoms with Gasteiger partial charge in [0.15, 0.2) is 0 Å². The Labute approximate surface area is 98.8 Å². The van der Waals surface area contributed by atoms with Crippen molar-refractivity contribution in [2.24, 2.45) is 0 Å². The lowest BCUT2D eigenvalue weighted by Gasteiger charge is -2.22. The van der Waals surface area contributed by atoms with Crippen LogP contribution in [0.1, 0.15) is 44.6 Å². The number of allylic oxidation sites excluding steroid dienone is 1. The standard InChI is InChI=1S/C15H22O/c1-4-14(13-8-6-5-7-9-13)15(16)11-10-12(2)3/h5-9,14-16H,2,4,10-11H2,1,3H3. The third-order valence-electron chi connectivity index (χ3n) is 3.00. The van der Waals surface area contributed by atoms with E-state index in [2.05, 4.69) is 25.6 Å². The van der Waals surface area contributed by atoms with Crippen molar-refractivity contribution >= 4 is 0 Å². The lowest BCUT2D eigenvalue weighted by molar-refractivity contribution is 0.131. The maximum Gasteiger partial charge on any atom is 0.0611 e. The van der Waals surface area contributed by atoms with Crippen molar-refractivity contribution in [2.45, 2.75) is 45.1 Å². The number of benzene rings is 1. The number of aliphatic hydroxyl groups excluding tert-OH is 1. The molecule has 0 bridgehead atoms. The van der Waals surface area contributed by atoms with Crippen LogP contribution in [0.4, 0.5) is 0 Å². The van der Waals surface area contributed by atoms with E-state index in [-0.39, 0.29) is 12.0 Å². The molecular weight excluding hydrogens is 196 g/mol. The first kappa shape index (κ1) is 13.0. The summed E-state index contributed by atoms with van der Waals surface area (Å²) >= 11 is 0. The summed E-state index contributed by atoms with van der Waals surface area (Å²) in [6.45, 7) is 8.01. The Bertz CT molecular complexity index is 315. The van der Waals surface area contributed by atoms with Crippen LogP contribution in [0.3, 0.4) is 0 Å². The van der Waals surface area contributed by atoms with Gasteiger partial charge in [0, 0.05) is 5.92 Å². The Balaban J connectivity index is 2.63. The summed E-state index contributed by atoms with van der Waals surface area (Å²) in [7, 11) is 0. The van der Waals surface area contributed by atoms with Gasteiger partial charge in [-0.25, -0.2) is 0 Å². The fourth-order valence-electron chi connectivity index (χ4n) is 2.03. The highest BCUT2D eigenvalue weighted by atomic mass is 16.3. The van der Waals surface area contributed by atoms with Gasteiger partial charge in [-0.2, -0.15) is 0 Å². The summed E-state index contributed by atoms with van der Waals surface area (Å²) in [6, 6.07) is 10.3. The van der Waals surface area contributed by atoms with Crippen LogP contribution in [0, 0.1) is 0 Å². The SMILES string of the molecule is C=C(C)CCC(O)C(CC)c1ccccc1. The molecule has 2 atom stereocenters. The van der Waals surface area contributed by atoms with Crippen molar-refractivity contribution in [1.29, 1.82) is 0 Å². The molecule has 0 aliphatic carbocycles. The predicted octanol–water partition coefficient (Wildman–Crippen LogP) is 3.90. The zero-order valence-electron chi connectivity index (χ0n) is 10.3. The molecule has 2 unspecified atom stereocenters. The van der Waals surface area contributed by atoms with Gasteiger partial charge < -0.3 is 5.11 Å². The first-order chi connectivity index (χ1) is 7.65. The molecule has 16 heavy (non-hydrogen) atoms. The lowest BCUT2D eigenvalue weighted by atomic mass is 9.88. The van der Waals surface area contributed by atoms with E-state index in [0.717, 1.165) is 24.8 Å². The van der Waals surface area contributed by atoms with E-state index in [1.54, 1.807) is 0 Å². The second kappa shape index (κ2) is 6.49. The van der Waals surface area contributed by atoms with E-state index in [0.29, 0.717) is 0 Å². The van der Waals surface area contributed by atoms with Gasteiger partial charge >= 0.3 is 0 Å². The Kier molecular flexibility index (Phi) is 5.27. The largest absolute Gasteiger partial charge is 0.392 e. The molecule has 1 aromatic rings. The highest BCUT2D eigenvalue weighted by Gasteiger charge is 2.18. The maximum absolute atomic E-state index is 10.2. The minimum absolute atomic E-state index is 0.251. The van der Waals surface area contributed by atoms with Crippen molar-refractivity contribution in [3.05, 3.63) is 48.0 Å². The molecule has 0 aliphatic heterocycles. The van der Waals surface area contributed by atoms with Crippen LogP contribution in [0.15, 0.2) is 42.5 Å². The second-order valence-corrected chi connectivity index (χ2v) is 4.49. The van der Waals surface area contributed by atoms with E-state index in [1.807, 2.05) is 25.1 Å². The molecule has 0 spiro atoms. The maximum atomic E-state index is 10.2. The smallest absolute Gasteiger partial charge is 0.0611 e. The zero-order chi connectivity index (χ0) is 12.0. The highest BCUT2D eigenvalue weighted by Crippen LogP contribution is 2.26. The van der Waals surface area contributed by atoms with E-state index in [1.165, 1.54) is 5.56 Å². The fourth-order valence-corrected chi connectivity index (χ4v) is 2.03. The van der Waals surface area contributed by atoms with Crippen LogP contribution in [0.25, 0.3) is 0 Å². The molecule has 1 rings (SSSR count). The van der Waals surface area contributed by atoms with Crippen molar-refractivity contribution in [3.8, 4) is 0 Å². The molecular formula is C15H22O. The number of rotatable bonds is 6. The fraction of sp³-hybridized carbons (Fsp3) is 0.467. The minimum atomic E-state index is -0.260. The molecule has 0 aromatic heterocycles. The Morgan fingerprint density at radius 1 is 1.31 bits per heavy atom. The Hall–Kier alpha value is -1.08. The average Bonchev–Trinajstić information content (AvgIpc) is 2.29. The van der Waals surface area contributed by atoms with Crippen LogP contribution in [-0.2, 0) is 0 Å². The molecule has 0 saturated heterocycles. The minimum Gasteiger partial charge on any atom is -0.392 e. The summed E-state index contributed by atoms with van der Waals surface area (Å²) in [5, 5.41) is 10.2. The normalized spacial score (nSPS) is 14.4. The third kappa shape index (κ3) is 3.82. The molecule has 0 radical (unpaired) electrons. The quantitative estimate of drug-likeness (QED) is 0.718. The molecule has 0 heterocycles. The Morgan fingerprint density at radius 3 is 2.44 bits per heavy atom. The van der Waals surface area contributed by atoms with Gasteiger partial charge in [-0.1, -0.05) is 42.8 Å². The monoisotopic (exact) mass is 218 g/mol. The van der Waals surface area contributed by atoms with Gasteiger partial charge in [0.05, 0.1) is 6.10 Å². The van der Waals surface area contributed by atoms with Gasteiger partial charge in [0.2, 0.25) is 0 Å². The van der Waals surface area contributed by atoms with E-state index >= 15 is 0 Å². The zero-order valence-corrected chi connectivity index (χ0v) is 10.3. The van der Waals surface area contributed by atoms with Crippen LogP contribution in [0.5, 0.6) is 0 Å². The summed E-state index contributed by atoms with van der Waals surface area (Å²) in [6.07, 6.45) is 2.43. The van der Waals surface area contributed by atoms with Gasteiger partial charge in [-0.05, 0) is 31.7 Å². The first-order valence-corrected chi connectivity index (χ1v) is 6.02. The van der Waals surface area contributed by atoms with Crippen LogP contribution < -0.4 is 0 Å². The lowest BCUT2D eigenvalue weighted by Crippen LogP contribution is -2.18. The molecule has 0 fully saturated rings. The molecule has 1 nitrogen and oxygen atoms in total. The summed E-state index contributed by atoms with van der Waals surface area (Å²) in [5.41, 5.74) is 2.38. The van der Waals surface area contributed by atoms with Crippen molar-refractivity contribution < 1.29 is 5.11 Å². The molecule has 1 N–H and O–H groups in total. The number of hydrogen-bond acceptors (Lipinski definition) is 1. The third-order valence-corrected chi connectivity index (χ3v) is 3.00. The molecule has 1 heteroatoms. The summed E-state index contributed by atoms with van der Waals surface area (Å²) in [5.74, 6) is 0.251. The average molecular weight is 218 g/mol. The van der Waals surface area contributed by atoms with Gasteiger partial charge in [0.1, 0.15) is 0 Å². The van der Waals surface area contributed by atoms with Gasteiger partial charge in [-0.3, -0.25) is 0 Å². The number of aliphatic hydroxyl groups is 1. The highest BCUT2D eigenvalue weighted by molar-refractivity contribution is 5.20. The topological polar surface area (TPSA) is 20.2 Å². The van der Waals surface area contributed by atoms with Gasteiger partial charge in [0.25, 0.3) is 0 Å². The van der Waals surface area contributed by atoms with E-state index in [4.69, 9.17) is 0 Å². The van der Waals surface area contributed by atoms with E-state index in [9.17, 15) is 5.11 Å². The summed E-state index contributed by atoms with van der Waals surface area (Å²) < 4.78 is 0. The predicted molar refractivity (Wildman–Crippen MR) is 69.5 cm³/mol. The second-order valence-electron chi connectivity index (χ2n) is 4.49. The van der Waals surface area contributed by atoms with E-state index < -0.39 is 0 Å². The molecule has 0 amide bonds. The summed E-state index contributed by atoms with van der Waals surface area (Å²) in [4.78, 5) is 0. The number of hydrogen-bond donors (Lipinski definition) is 1. The Morgan fingerprint density at radius 2 is 1.94 bits per heavy atom. The van der Waals surface area contributed by atoms with Crippen molar-refractivity contribution in [2.75, 3.05) is 0 Å². The molecule has 0 aliphatic rings. The van der Waals surface area contributed by atoms with Crippen molar-refractivity contribution in [3.63, 3.8) is 0 Å².